The Morgan fingerprint density at radius 2 is 1.83 bits per heavy atom. The molecule has 0 fully saturated rings. The van der Waals surface area contributed by atoms with E-state index < -0.39 is 0 Å². The van der Waals surface area contributed by atoms with Gasteiger partial charge in [-0.25, -0.2) is 0 Å². The van der Waals surface area contributed by atoms with Crippen LogP contribution >= 0.6 is 12.4 Å². The summed E-state index contributed by atoms with van der Waals surface area (Å²) < 4.78 is 1.33. The lowest BCUT2D eigenvalue weighted by atomic mass is 10.1. The van der Waals surface area contributed by atoms with E-state index in [1.165, 1.54) is 10.6 Å². The van der Waals surface area contributed by atoms with Gasteiger partial charge in [0, 0.05) is 30.0 Å². The van der Waals surface area contributed by atoms with E-state index in [1.807, 2.05) is 45.0 Å². The number of carbonyl (C=O) groups excluding carboxylic acids is 2. The van der Waals surface area contributed by atoms with E-state index in [9.17, 15) is 14.4 Å². The SMILES string of the molecule is CCNCc1cccc(NC(=O)c2c(C)cc(=O)n(CC(=O)NC(C)C)c2C)c1.Cl. The van der Waals surface area contributed by atoms with E-state index in [-0.39, 0.29) is 42.4 Å². The monoisotopic (exact) mass is 434 g/mol. The molecule has 1 aromatic carbocycles. The summed E-state index contributed by atoms with van der Waals surface area (Å²) in [6.45, 7) is 10.6. The molecule has 2 aromatic rings. The maximum absolute atomic E-state index is 13.0. The summed E-state index contributed by atoms with van der Waals surface area (Å²) in [5, 5.41) is 8.92. The molecular weight excluding hydrogens is 404 g/mol. The van der Waals surface area contributed by atoms with Crippen LogP contribution in [0, 0.1) is 13.8 Å². The Morgan fingerprint density at radius 1 is 1.13 bits per heavy atom. The van der Waals surface area contributed by atoms with Gasteiger partial charge in [0.2, 0.25) is 5.91 Å². The average molecular weight is 435 g/mol. The van der Waals surface area contributed by atoms with Crippen LogP contribution in [-0.2, 0) is 17.9 Å². The van der Waals surface area contributed by atoms with Gasteiger partial charge in [0.05, 0.1) is 5.56 Å². The van der Waals surface area contributed by atoms with Crippen molar-refractivity contribution in [3.8, 4) is 0 Å². The average Bonchev–Trinajstić information content (AvgIpc) is 2.63. The van der Waals surface area contributed by atoms with Crippen LogP contribution < -0.4 is 21.5 Å². The minimum atomic E-state index is -0.307. The van der Waals surface area contributed by atoms with Gasteiger partial charge < -0.3 is 20.5 Å². The first-order valence-electron chi connectivity index (χ1n) is 9.84. The minimum absolute atomic E-state index is 0. The maximum atomic E-state index is 13.0. The van der Waals surface area contributed by atoms with Gasteiger partial charge in [-0.05, 0) is 57.5 Å². The smallest absolute Gasteiger partial charge is 0.257 e. The highest BCUT2D eigenvalue weighted by Crippen LogP contribution is 2.16. The van der Waals surface area contributed by atoms with E-state index in [4.69, 9.17) is 0 Å². The van der Waals surface area contributed by atoms with Crippen molar-refractivity contribution in [3.05, 3.63) is 63.1 Å². The van der Waals surface area contributed by atoms with Gasteiger partial charge in [-0.2, -0.15) is 0 Å². The second-order valence-corrected chi connectivity index (χ2v) is 7.37. The number of hydrogen-bond acceptors (Lipinski definition) is 4. The molecule has 0 aliphatic heterocycles. The highest BCUT2D eigenvalue weighted by atomic mass is 35.5. The Morgan fingerprint density at radius 3 is 2.47 bits per heavy atom. The van der Waals surface area contributed by atoms with Crippen molar-refractivity contribution in [2.24, 2.45) is 0 Å². The number of halogens is 1. The summed E-state index contributed by atoms with van der Waals surface area (Å²) in [6.07, 6.45) is 0. The Kier molecular flexibility index (Phi) is 9.75. The molecule has 3 N–H and O–H groups in total. The zero-order valence-corrected chi connectivity index (χ0v) is 19.0. The van der Waals surface area contributed by atoms with E-state index in [2.05, 4.69) is 16.0 Å². The fourth-order valence-corrected chi connectivity index (χ4v) is 3.19. The zero-order valence-electron chi connectivity index (χ0n) is 18.2. The Bertz CT molecular complexity index is 954. The lowest BCUT2D eigenvalue weighted by molar-refractivity contribution is -0.122. The van der Waals surface area contributed by atoms with E-state index >= 15 is 0 Å². The van der Waals surface area contributed by atoms with Crippen molar-refractivity contribution >= 4 is 29.9 Å². The van der Waals surface area contributed by atoms with Crippen molar-refractivity contribution in [2.75, 3.05) is 11.9 Å². The molecule has 164 valence electrons. The molecule has 0 bridgehead atoms. The quantitative estimate of drug-likeness (QED) is 0.595. The maximum Gasteiger partial charge on any atom is 0.257 e. The van der Waals surface area contributed by atoms with Crippen molar-refractivity contribution in [1.29, 1.82) is 0 Å². The number of anilines is 1. The fourth-order valence-electron chi connectivity index (χ4n) is 3.19. The number of carbonyl (C=O) groups is 2. The second kappa shape index (κ2) is 11.5. The fraction of sp³-hybridized carbons (Fsp3) is 0.409. The molecule has 0 aliphatic rings. The lowest BCUT2D eigenvalue weighted by Gasteiger charge is -2.17. The molecular formula is C22H31ClN4O3. The van der Waals surface area contributed by atoms with Crippen LogP contribution in [0.1, 0.15) is 48.0 Å². The summed E-state index contributed by atoms with van der Waals surface area (Å²) >= 11 is 0. The topological polar surface area (TPSA) is 92.2 Å². The van der Waals surface area contributed by atoms with Gasteiger partial charge in [-0.3, -0.25) is 14.4 Å². The molecule has 0 unspecified atom stereocenters. The van der Waals surface area contributed by atoms with Crippen molar-refractivity contribution in [2.45, 2.75) is 53.8 Å². The highest BCUT2D eigenvalue weighted by Gasteiger charge is 2.18. The van der Waals surface area contributed by atoms with Crippen molar-refractivity contribution in [1.82, 2.24) is 15.2 Å². The van der Waals surface area contributed by atoms with Crippen LogP contribution in [-0.4, -0.2) is 29.0 Å². The predicted molar refractivity (Wildman–Crippen MR) is 122 cm³/mol. The summed E-state index contributed by atoms with van der Waals surface area (Å²) in [6, 6.07) is 8.98. The second-order valence-electron chi connectivity index (χ2n) is 7.37. The normalized spacial score (nSPS) is 10.5. The molecule has 0 spiro atoms. The molecule has 0 saturated carbocycles. The molecule has 30 heavy (non-hydrogen) atoms. The Hall–Kier alpha value is -2.64. The first-order valence-corrected chi connectivity index (χ1v) is 9.84. The number of aromatic nitrogens is 1. The van der Waals surface area contributed by atoms with Gasteiger partial charge in [-0.15, -0.1) is 12.4 Å². The van der Waals surface area contributed by atoms with E-state index in [0.717, 1.165) is 12.1 Å². The molecule has 0 atom stereocenters. The number of hydrogen-bond donors (Lipinski definition) is 3. The first-order chi connectivity index (χ1) is 13.7. The number of rotatable bonds is 8. The molecule has 8 heteroatoms. The van der Waals surface area contributed by atoms with Crippen LogP contribution in [0.5, 0.6) is 0 Å². The summed E-state index contributed by atoms with van der Waals surface area (Å²) in [5.74, 6) is -0.574. The van der Waals surface area contributed by atoms with Gasteiger partial charge >= 0.3 is 0 Å². The third-order valence-electron chi connectivity index (χ3n) is 4.51. The third-order valence-corrected chi connectivity index (χ3v) is 4.51. The number of pyridine rings is 1. The summed E-state index contributed by atoms with van der Waals surface area (Å²) in [4.78, 5) is 37.5. The third kappa shape index (κ3) is 6.71. The number of benzene rings is 1. The van der Waals surface area contributed by atoms with Gasteiger partial charge in [0.15, 0.2) is 0 Å². The Balaban J connectivity index is 0.00000450. The molecule has 0 aliphatic carbocycles. The van der Waals surface area contributed by atoms with Crippen molar-refractivity contribution in [3.63, 3.8) is 0 Å². The van der Waals surface area contributed by atoms with Gasteiger partial charge in [0.1, 0.15) is 6.54 Å². The number of amides is 2. The molecule has 1 aromatic heterocycles. The molecule has 2 amide bonds. The summed E-state index contributed by atoms with van der Waals surface area (Å²) in [5.41, 5.74) is 2.89. The molecule has 7 nitrogen and oxygen atoms in total. The minimum Gasteiger partial charge on any atom is -0.352 e. The van der Waals surface area contributed by atoms with Crippen LogP contribution in [0.3, 0.4) is 0 Å². The van der Waals surface area contributed by atoms with E-state index in [1.54, 1.807) is 13.8 Å². The zero-order chi connectivity index (χ0) is 21.6. The molecule has 0 saturated heterocycles. The number of aryl methyl sites for hydroxylation is 1. The van der Waals surface area contributed by atoms with Crippen LogP contribution in [0.4, 0.5) is 5.69 Å². The summed E-state index contributed by atoms with van der Waals surface area (Å²) in [7, 11) is 0. The molecule has 1 heterocycles. The molecule has 0 radical (unpaired) electrons. The number of nitrogens with zero attached hydrogens (tertiary/aromatic N) is 1. The number of nitrogens with one attached hydrogen (secondary N) is 3. The van der Waals surface area contributed by atoms with Gasteiger partial charge in [0.25, 0.3) is 11.5 Å². The van der Waals surface area contributed by atoms with Crippen LogP contribution in [0.25, 0.3) is 0 Å². The largest absolute Gasteiger partial charge is 0.352 e. The van der Waals surface area contributed by atoms with Crippen LogP contribution in [0.2, 0.25) is 0 Å². The molecule has 2 rings (SSSR count). The van der Waals surface area contributed by atoms with Crippen molar-refractivity contribution < 1.29 is 9.59 Å². The van der Waals surface area contributed by atoms with E-state index in [0.29, 0.717) is 29.1 Å². The standard InChI is InChI=1S/C22H30N4O3.ClH/c1-6-23-12-17-8-7-9-18(11-17)25-22(29)21-15(4)10-20(28)26(16(21)5)13-19(27)24-14(2)3;/h7-11,14,23H,6,12-13H2,1-5H3,(H,24,27)(H,25,29);1H. The lowest BCUT2D eigenvalue weighted by Crippen LogP contribution is -2.37. The predicted octanol–water partition coefficient (Wildman–Crippen LogP) is 2.77. The van der Waals surface area contributed by atoms with Gasteiger partial charge in [-0.1, -0.05) is 19.1 Å². The first kappa shape index (κ1) is 25.4. The highest BCUT2D eigenvalue weighted by molar-refractivity contribution is 6.06. The van der Waals surface area contributed by atoms with Crippen LogP contribution in [0.15, 0.2) is 35.1 Å². The Labute approximate surface area is 183 Å².